The van der Waals surface area contributed by atoms with Gasteiger partial charge >= 0.3 is 0 Å². The number of nitrogens with zero attached hydrogens (tertiary/aromatic N) is 1. The van der Waals surface area contributed by atoms with Crippen LogP contribution in [0, 0.1) is 0 Å². The third kappa shape index (κ3) is 4.56. The van der Waals surface area contributed by atoms with Crippen molar-refractivity contribution in [1.29, 1.82) is 0 Å². The topological polar surface area (TPSA) is 57.4 Å². The van der Waals surface area contributed by atoms with Crippen molar-refractivity contribution in [2.45, 2.75) is 31.3 Å². The first-order valence-corrected chi connectivity index (χ1v) is 7.87. The highest BCUT2D eigenvalue weighted by Crippen LogP contribution is 2.29. The first kappa shape index (κ1) is 15.5. The third-order valence-electron chi connectivity index (χ3n) is 2.55. The van der Waals surface area contributed by atoms with Crippen LogP contribution in [0.3, 0.4) is 0 Å². The van der Waals surface area contributed by atoms with E-state index >= 15 is 0 Å². The van der Waals surface area contributed by atoms with E-state index in [1.54, 1.807) is 23.9 Å². The van der Waals surface area contributed by atoms with Crippen LogP contribution in [0.5, 0.6) is 17.5 Å². The third-order valence-corrected chi connectivity index (χ3v) is 3.29. The molecule has 5 heteroatoms. The van der Waals surface area contributed by atoms with Crippen molar-refractivity contribution in [1.82, 2.24) is 4.98 Å². The number of hydrogen-bond acceptors (Lipinski definition) is 5. The molecule has 0 saturated carbocycles. The van der Waals surface area contributed by atoms with Crippen LogP contribution in [0.15, 0.2) is 41.3 Å². The number of nitrogen functional groups attached to an aromatic ring is 1. The molecule has 0 atom stereocenters. The van der Waals surface area contributed by atoms with E-state index in [0.717, 1.165) is 5.75 Å². The van der Waals surface area contributed by atoms with Crippen LogP contribution in [0.1, 0.15) is 20.8 Å². The molecule has 0 aliphatic carbocycles. The van der Waals surface area contributed by atoms with Crippen molar-refractivity contribution in [3.05, 3.63) is 36.4 Å². The quantitative estimate of drug-likeness (QED) is 0.851. The molecule has 0 bridgehead atoms. The summed E-state index contributed by atoms with van der Waals surface area (Å²) in [5.74, 6) is 1.58. The number of thioether (sulfide) groups is 1. The lowest BCUT2D eigenvalue weighted by Crippen LogP contribution is -2.24. The second kappa shape index (κ2) is 6.26. The van der Waals surface area contributed by atoms with Crippen molar-refractivity contribution >= 4 is 17.4 Å². The average molecular weight is 304 g/mol. The van der Waals surface area contributed by atoms with Crippen LogP contribution in [0.2, 0.25) is 0 Å². The van der Waals surface area contributed by atoms with E-state index in [4.69, 9.17) is 15.2 Å². The van der Waals surface area contributed by atoms with E-state index in [-0.39, 0.29) is 5.60 Å². The van der Waals surface area contributed by atoms with Crippen molar-refractivity contribution < 1.29 is 9.47 Å². The monoisotopic (exact) mass is 304 g/mol. The molecule has 4 nitrogen and oxygen atoms in total. The minimum atomic E-state index is -0.361. The van der Waals surface area contributed by atoms with E-state index < -0.39 is 0 Å². The Morgan fingerprint density at radius 2 is 1.71 bits per heavy atom. The molecule has 2 aromatic rings. The largest absolute Gasteiger partial charge is 0.470 e. The van der Waals surface area contributed by atoms with Crippen LogP contribution in [-0.4, -0.2) is 16.8 Å². The molecule has 0 radical (unpaired) electrons. The lowest BCUT2D eigenvalue weighted by atomic mass is 10.2. The van der Waals surface area contributed by atoms with Crippen LogP contribution in [0.25, 0.3) is 0 Å². The summed E-state index contributed by atoms with van der Waals surface area (Å²) in [5.41, 5.74) is 6.02. The molecule has 0 aliphatic heterocycles. The number of nitrogens with two attached hydrogens (primary N) is 1. The second-order valence-electron chi connectivity index (χ2n) is 5.54. The first-order valence-electron chi connectivity index (χ1n) is 6.65. The minimum absolute atomic E-state index is 0.361. The molecule has 0 amide bonds. The van der Waals surface area contributed by atoms with E-state index in [1.807, 2.05) is 51.3 Å². The lowest BCUT2D eigenvalue weighted by Gasteiger charge is -2.21. The fraction of sp³-hybridized carbons (Fsp3) is 0.312. The molecule has 0 aliphatic rings. The Hall–Kier alpha value is -1.88. The predicted octanol–water partition coefficient (Wildman–Crippen LogP) is 4.36. The van der Waals surface area contributed by atoms with Gasteiger partial charge in [-0.2, -0.15) is 4.98 Å². The van der Waals surface area contributed by atoms with Gasteiger partial charge in [0.15, 0.2) is 0 Å². The molecule has 1 aromatic heterocycles. The van der Waals surface area contributed by atoms with Crippen LogP contribution < -0.4 is 15.2 Å². The van der Waals surface area contributed by atoms with Crippen molar-refractivity contribution in [2.24, 2.45) is 0 Å². The second-order valence-corrected chi connectivity index (χ2v) is 6.42. The zero-order valence-corrected chi connectivity index (χ0v) is 13.5. The Balaban J connectivity index is 2.18. The van der Waals surface area contributed by atoms with E-state index in [1.165, 1.54) is 4.90 Å². The van der Waals surface area contributed by atoms with Gasteiger partial charge in [0, 0.05) is 11.0 Å². The Kier molecular flexibility index (Phi) is 4.63. The SMILES string of the molecule is CSc1ccc(Oc2ccc(N)c(OC(C)(C)C)n2)cc1. The summed E-state index contributed by atoms with van der Waals surface area (Å²) < 4.78 is 11.5. The molecule has 112 valence electrons. The van der Waals surface area contributed by atoms with Gasteiger partial charge in [-0.3, -0.25) is 0 Å². The van der Waals surface area contributed by atoms with Gasteiger partial charge in [0.05, 0.1) is 5.69 Å². The maximum atomic E-state index is 5.88. The highest BCUT2D eigenvalue weighted by atomic mass is 32.2. The fourth-order valence-corrected chi connectivity index (χ4v) is 2.04. The maximum absolute atomic E-state index is 5.88. The molecule has 0 fully saturated rings. The first-order chi connectivity index (χ1) is 9.87. The summed E-state index contributed by atoms with van der Waals surface area (Å²) in [6.45, 7) is 5.84. The Morgan fingerprint density at radius 1 is 1.05 bits per heavy atom. The molecule has 0 saturated heterocycles. The van der Waals surface area contributed by atoms with Crippen LogP contribution >= 0.6 is 11.8 Å². The van der Waals surface area contributed by atoms with Crippen LogP contribution in [0.4, 0.5) is 5.69 Å². The molecule has 21 heavy (non-hydrogen) atoms. The zero-order chi connectivity index (χ0) is 15.5. The molecule has 2 N–H and O–H groups in total. The van der Waals surface area contributed by atoms with Gasteiger partial charge in [-0.25, -0.2) is 0 Å². The van der Waals surface area contributed by atoms with Crippen molar-refractivity contribution in [3.63, 3.8) is 0 Å². The Labute approximate surface area is 129 Å². The zero-order valence-electron chi connectivity index (χ0n) is 12.7. The van der Waals surface area contributed by atoms with E-state index in [0.29, 0.717) is 17.4 Å². The van der Waals surface area contributed by atoms with Crippen LogP contribution in [-0.2, 0) is 0 Å². The van der Waals surface area contributed by atoms with Gasteiger partial charge in [-0.1, -0.05) is 0 Å². The summed E-state index contributed by atoms with van der Waals surface area (Å²) in [5, 5.41) is 0. The molecular weight excluding hydrogens is 284 g/mol. The number of anilines is 1. The number of rotatable bonds is 4. The highest BCUT2D eigenvalue weighted by Gasteiger charge is 2.16. The van der Waals surface area contributed by atoms with E-state index in [2.05, 4.69) is 4.98 Å². The highest BCUT2D eigenvalue weighted by molar-refractivity contribution is 7.98. The number of hydrogen-bond donors (Lipinski definition) is 1. The smallest absolute Gasteiger partial charge is 0.241 e. The van der Waals surface area contributed by atoms with E-state index in [9.17, 15) is 0 Å². The fourth-order valence-electron chi connectivity index (χ4n) is 1.63. The van der Waals surface area contributed by atoms with Gasteiger partial charge in [0.1, 0.15) is 11.4 Å². The predicted molar refractivity (Wildman–Crippen MR) is 87.3 cm³/mol. The Morgan fingerprint density at radius 3 is 2.29 bits per heavy atom. The standard InChI is InChI=1S/C16H20N2O2S/c1-16(2,3)20-15-13(17)9-10-14(18-15)19-11-5-7-12(21-4)8-6-11/h5-10H,17H2,1-4H3. The number of ether oxygens (including phenoxy) is 2. The maximum Gasteiger partial charge on any atom is 0.241 e. The van der Waals surface area contributed by atoms with Crippen molar-refractivity contribution in [2.75, 3.05) is 12.0 Å². The average Bonchev–Trinajstić information content (AvgIpc) is 2.42. The van der Waals surface area contributed by atoms with Gasteiger partial charge < -0.3 is 15.2 Å². The summed E-state index contributed by atoms with van der Waals surface area (Å²) >= 11 is 1.69. The molecular formula is C16H20N2O2S. The Bertz CT molecular complexity index is 607. The molecule has 0 unspecified atom stereocenters. The van der Waals surface area contributed by atoms with Gasteiger partial charge in [-0.15, -0.1) is 11.8 Å². The van der Waals surface area contributed by atoms with Gasteiger partial charge in [-0.05, 0) is 57.4 Å². The number of pyridine rings is 1. The molecule has 0 spiro atoms. The van der Waals surface area contributed by atoms with Gasteiger partial charge in [0.2, 0.25) is 11.8 Å². The summed E-state index contributed by atoms with van der Waals surface area (Å²) in [6.07, 6.45) is 2.04. The lowest BCUT2D eigenvalue weighted by molar-refractivity contribution is 0.124. The van der Waals surface area contributed by atoms with Gasteiger partial charge in [0.25, 0.3) is 0 Å². The molecule has 1 heterocycles. The summed E-state index contributed by atoms with van der Waals surface area (Å²) in [7, 11) is 0. The number of aromatic nitrogens is 1. The summed E-state index contributed by atoms with van der Waals surface area (Å²) in [6, 6.07) is 11.3. The molecule has 2 rings (SSSR count). The van der Waals surface area contributed by atoms with Crippen molar-refractivity contribution in [3.8, 4) is 17.5 Å². The normalized spacial score (nSPS) is 11.2. The minimum Gasteiger partial charge on any atom is -0.470 e. The number of benzene rings is 1. The summed E-state index contributed by atoms with van der Waals surface area (Å²) in [4.78, 5) is 5.51. The molecule has 1 aromatic carbocycles.